The van der Waals surface area contributed by atoms with Gasteiger partial charge in [-0.05, 0) is 32.0 Å². The molecule has 0 aliphatic carbocycles. The summed E-state index contributed by atoms with van der Waals surface area (Å²) in [4.78, 5) is 0.0962. The molecule has 0 saturated carbocycles. The van der Waals surface area contributed by atoms with E-state index in [9.17, 15) is 13.2 Å². The molecule has 0 fully saturated rings. The first kappa shape index (κ1) is 15.8. The Bertz CT molecular complexity index is 1070. The Balaban J connectivity index is 1.80. The van der Waals surface area contributed by atoms with Gasteiger partial charge in [0.05, 0.1) is 11.4 Å². The lowest BCUT2D eigenvalue weighted by Gasteiger charge is -2.05. The summed E-state index contributed by atoms with van der Waals surface area (Å²) in [5, 5.41) is 15.6. The summed E-state index contributed by atoms with van der Waals surface area (Å²) in [7, 11) is 0. The minimum absolute atomic E-state index is 0.0962. The van der Waals surface area contributed by atoms with Gasteiger partial charge in [-0.2, -0.15) is 27.9 Å². The van der Waals surface area contributed by atoms with Crippen LogP contribution in [0.2, 0.25) is 0 Å². The van der Waals surface area contributed by atoms with Crippen molar-refractivity contribution in [2.24, 2.45) is 0 Å². The van der Waals surface area contributed by atoms with Gasteiger partial charge in [0.25, 0.3) is 5.82 Å². The van der Waals surface area contributed by atoms with Gasteiger partial charge in [0.1, 0.15) is 5.01 Å². The van der Waals surface area contributed by atoms with E-state index in [1.54, 1.807) is 10.7 Å². The molecule has 3 aromatic heterocycles. The molecule has 4 rings (SSSR count). The molecule has 25 heavy (non-hydrogen) atoms. The van der Waals surface area contributed by atoms with E-state index in [4.69, 9.17) is 0 Å². The zero-order chi connectivity index (χ0) is 17.8. The van der Waals surface area contributed by atoms with Crippen molar-refractivity contribution < 1.29 is 13.2 Å². The van der Waals surface area contributed by atoms with E-state index < -0.39 is 12.0 Å². The maximum absolute atomic E-state index is 12.9. The second kappa shape index (κ2) is 5.38. The number of hydrogen-bond donors (Lipinski definition) is 0. The van der Waals surface area contributed by atoms with E-state index in [0.717, 1.165) is 32.9 Å². The standard InChI is InChI=1S/C15H11F3N6S/c1-8-6-9(2)23(21-8)11-5-3-4-10(7-11)12-22-24-13(15(16,17)18)19-20-14(24)25-12/h3-7H,1-2H3. The van der Waals surface area contributed by atoms with Crippen LogP contribution in [0.1, 0.15) is 17.2 Å². The Labute approximate surface area is 143 Å². The summed E-state index contributed by atoms with van der Waals surface area (Å²) in [5.74, 6) is -1.13. The third kappa shape index (κ3) is 2.68. The van der Waals surface area contributed by atoms with Crippen LogP contribution in [0.3, 0.4) is 0 Å². The lowest BCUT2D eigenvalue weighted by Crippen LogP contribution is -2.11. The maximum Gasteiger partial charge on any atom is 0.453 e. The fourth-order valence-electron chi connectivity index (χ4n) is 2.57. The number of halogens is 3. The number of benzene rings is 1. The Hall–Kier alpha value is -2.75. The first-order chi connectivity index (χ1) is 11.8. The minimum Gasteiger partial charge on any atom is -0.238 e. The highest BCUT2D eigenvalue weighted by Gasteiger charge is 2.38. The number of nitrogens with zero attached hydrogens (tertiary/aromatic N) is 6. The van der Waals surface area contributed by atoms with Gasteiger partial charge in [-0.15, -0.1) is 10.2 Å². The van der Waals surface area contributed by atoms with Crippen LogP contribution in [-0.4, -0.2) is 29.6 Å². The number of alkyl halides is 3. The molecule has 0 aliphatic rings. The van der Waals surface area contributed by atoms with Crippen LogP contribution in [-0.2, 0) is 6.18 Å². The zero-order valence-electron chi connectivity index (χ0n) is 13.1. The fourth-order valence-corrected chi connectivity index (χ4v) is 3.41. The van der Waals surface area contributed by atoms with Gasteiger partial charge in [0, 0.05) is 11.3 Å². The van der Waals surface area contributed by atoms with Gasteiger partial charge in [0.15, 0.2) is 0 Å². The molecule has 0 atom stereocenters. The zero-order valence-corrected chi connectivity index (χ0v) is 13.9. The summed E-state index contributed by atoms with van der Waals surface area (Å²) < 4.78 is 41.3. The highest BCUT2D eigenvalue weighted by molar-refractivity contribution is 7.19. The molecule has 0 aliphatic heterocycles. The number of aromatic nitrogens is 6. The Morgan fingerprint density at radius 1 is 1.04 bits per heavy atom. The Kier molecular flexibility index (Phi) is 3.39. The molecule has 128 valence electrons. The van der Waals surface area contributed by atoms with Crippen LogP contribution < -0.4 is 0 Å². The van der Waals surface area contributed by atoms with Crippen LogP contribution in [0.4, 0.5) is 13.2 Å². The van der Waals surface area contributed by atoms with Crippen molar-refractivity contribution >= 4 is 16.3 Å². The van der Waals surface area contributed by atoms with Crippen molar-refractivity contribution in [1.82, 2.24) is 29.6 Å². The lowest BCUT2D eigenvalue weighted by atomic mass is 10.2. The van der Waals surface area contributed by atoms with E-state index in [0.29, 0.717) is 10.6 Å². The average Bonchev–Trinajstić information content (AvgIpc) is 3.19. The third-order valence-corrected chi connectivity index (χ3v) is 4.54. The van der Waals surface area contributed by atoms with E-state index in [1.165, 1.54) is 0 Å². The number of fused-ring (bicyclic) bond motifs is 1. The van der Waals surface area contributed by atoms with Gasteiger partial charge in [0.2, 0.25) is 4.96 Å². The number of hydrogen-bond acceptors (Lipinski definition) is 5. The van der Waals surface area contributed by atoms with E-state index in [-0.39, 0.29) is 4.96 Å². The molecule has 0 unspecified atom stereocenters. The molecule has 0 N–H and O–H groups in total. The molecule has 1 aromatic carbocycles. The Morgan fingerprint density at radius 2 is 1.84 bits per heavy atom. The molecule has 6 nitrogen and oxygen atoms in total. The van der Waals surface area contributed by atoms with Crippen LogP contribution in [0.15, 0.2) is 30.3 Å². The maximum atomic E-state index is 12.9. The summed E-state index contributed by atoms with van der Waals surface area (Å²) in [6, 6.07) is 9.26. The summed E-state index contributed by atoms with van der Waals surface area (Å²) in [6.45, 7) is 3.83. The molecule has 0 amide bonds. The molecular formula is C15H11F3N6S. The van der Waals surface area contributed by atoms with Crippen LogP contribution >= 0.6 is 11.3 Å². The van der Waals surface area contributed by atoms with Gasteiger partial charge >= 0.3 is 6.18 Å². The molecule has 10 heteroatoms. The molecule has 3 heterocycles. The Morgan fingerprint density at radius 3 is 2.52 bits per heavy atom. The minimum atomic E-state index is -4.60. The predicted molar refractivity (Wildman–Crippen MR) is 85.7 cm³/mol. The number of rotatable bonds is 2. The lowest BCUT2D eigenvalue weighted by molar-refractivity contribution is -0.146. The van der Waals surface area contributed by atoms with Crippen molar-refractivity contribution in [1.29, 1.82) is 0 Å². The molecule has 0 saturated heterocycles. The normalized spacial score (nSPS) is 12.2. The molecular weight excluding hydrogens is 353 g/mol. The smallest absolute Gasteiger partial charge is 0.238 e. The highest BCUT2D eigenvalue weighted by Crippen LogP contribution is 2.32. The van der Waals surface area contributed by atoms with Crippen molar-refractivity contribution in [3.05, 3.63) is 47.5 Å². The van der Waals surface area contributed by atoms with Crippen molar-refractivity contribution in [2.75, 3.05) is 0 Å². The summed E-state index contributed by atoms with van der Waals surface area (Å²) in [6.07, 6.45) is -4.60. The van der Waals surface area contributed by atoms with Crippen molar-refractivity contribution in [3.8, 4) is 16.3 Å². The third-order valence-electron chi connectivity index (χ3n) is 3.59. The fraction of sp³-hybridized carbons (Fsp3) is 0.200. The predicted octanol–water partition coefficient (Wildman–Crippen LogP) is 3.67. The van der Waals surface area contributed by atoms with Crippen LogP contribution in [0, 0.1) is 13.8 Å². The number of aryl methyl sites for hydroxylation is 2. The van der Waals surface area contributed by atoms with Crippen molar-refractivity contribution in [3.63, 3.8) is 0 Å². The van der Waals surface area contributed by atoms with E-state index in [2.05, 4.69) is 20.4 Å². The molecule has 4 aromatic rings. The van der Waals surface area contributed by atoms with Crippen LogP contribution in [0.25, 0.3) is 21.2 Å². The monoisotopic (exact) mass is 364 g/mol. The average molecular weight is 364 g/mol. The second-order valence-corrected chi connectivity index (χ2v) is 6.47. The van der Waals surface area contributed by atoms with E-state index in [1.807, 2.05) is 38.1 Å². The summed E-state index contributed by atoms with van der Waals surface area (Å²) >= 11 is 1.05. The van der Waals surface area contributed by atoms with E-state index >= 15 is 0 Å². The SMILES string of the molecule is Cc1cc(C)n(-c2cccc(-c3nn4c(C(F)(F)F)nnc4s3)c2)n1. The second-order valence-electron chi connectivity index (χ2n) is 5.51. The topological polar surface area (TPSA) is 60.9 Å². The van der Waals surface area contributed by atoms with Gasteiger partial charge in [-0.25, -0.2) is 4.68 Å². The highest BCUT2D eigenvalue weighted by atomic mass is 32.1. The molecule has 0 spiro atoms. The van der Waals surface area contributed by atoms with Crippen molar-refractivity contribution in [2.45, 2.75) is 20.0 Å². The largest absolute Gasteiger partial charge is 0.453 e. The molecule has 0 radical (unpaired) electrons. The first-order valence-corrected chi connectivity index (χ1v) is 8.08. The van der Waals surface area contributed by atoms with Gasteiger partial charge < -0.3 is 0 Å². The quantitative estimate of drug-likeness (QED) is 0.544. The van der Waals surface area contributed by atoms with Crippen LogP contribution in [0.5, 0.6) is 0 Å². The first-order valence-electron chi connectivity index (χ1n) is 7.26. The van der Waals surface area contributed by atoms with Gasteiger partial charge in [-0.1, -0.05) is 23.5 Å². The molecule has 0 bridgehead atoms. The summed E-state index contributed by atoms with van der Waals surface area (Å²) in [5.41, 5.74) is 3.35. The van der Waals surface area contributed by atoms with Gasteiger partial charge in [-0.3, -0.25) is 0 Å².